The van der Waals surface area contributed by atoms with Crippen LogP contribution in [0.5, 0.6) is 0 Å². The summed E-state index contributed by atoms with van der Waals surface area (Å²) in [6.07, 6.45) is 20.3. The average molecular weight is 451 g/mol. The molecule has 0 aliphatic heterocycles. The highest BCUT2D eigenvalue weighted by Crippen LogP contribution is 2.45. The second-order valence-electron chi connectivity index (χ2n) is 10.5. The van der Waals surface area contributed by atoms with E-state index in [-0.39, 0.29) is 0 Å². The van der Waals surface area contributed by atoms with Crippen LogP contribution in [-0.2, 0) is 6.42 Å². The fraction of sp³-hybridized carbons (Fsp3) is 0.548. The summed E-state index contributed by atoms with van der Waals surface area (Å²) in [5, 5.41) is 1.26. The van der Waals surface area contributed by atoms with E-state index < -0.39 is 11.6 Å². The van der Waals surface area contributed by atoms with Crippen molar-refractivity contribution in [3.63, 3.8) is 0 Å². The largest absolute Gasteiger partial charge is 0.203 e. The highest BCUT2D eigenvalue weighted by molar-refractivity contribution is 5.85. The topological polar surface area (TPSA) is 0 Å². The van der Waals surface area contributed by atoms with Crippen LogP contribution in [0.25, 0.3) is 10.8 Å². The first-order chi connectivity index (χ1) is 16.1. The summed E-state index contributed by atoms with van der Waals surface area (Å²) < 4.78 is 29.6. The van der Waals surface area contributed by atoms with Gasteiger partial charge in [-0.05, 0) is 123 Å². The van der Waals surface area contributed by atoms with Gasteiger partial charge in [-0.25, -0.2) is 8.78 Å². The molecule has 0 nitrogen and oxygen atoms in total. The van der Waals surface area contributed by atoms with Gasteiger partial charge in [-0.1, -0.05) is 43.2 Å². The summed E-state index contributed by atoms with van der Waals surface area (Å²) >= 11 is 0. The molecular weight excluding hydrogens is 410 g/mol. The van der Waals surface area contributed by atoms with E-state index in [1.165, 1.54) is 63.4 Å². The van der Waals surface area contributed by atoms with E-state index in [1.807, 2.05) is 37.3 Å². The van der Waals surface area contributed by atoms with E-state index in [2.05, 4.69) is 18.7 Å². The average Bonchev–Trinajstić information content (AvgIpc) is 2.86. The van der Waals surface area contributed by atoms with Crippen LogP contribution in [0, 0.1) is 29.4 Å². The Morgan fingerprint density at radius 3 is 2.24 bits per heavy atom. The number of aryl methyl sites for hydroxylation is 1. The van der Waals surface area contributed by atoms with E-state index >= 15 is 0 Å². The van der Waals surface area contributed by atoms with E-state index in [0.29, 0.717) is 23.3 Å². The van der Waals surface area contributed by atoms with Gasteiger partial charge in [0.2, 0.25) is 0 Å². The maximum atomic E-state index is 14.9. The fourth-order valence-electron chi connectivity index (χ4n) is 6.47. The highest BCUT2D eigenvalue weighted by atomic mass is 19.2. The second-order valence-corrected chi connectivity index (χ2v) is 10.5. The molecule has 0 N–H and O–H groups in total. The lowest BCUT2D eigenvalue weighted by Gasteiger charge is -2.38. The molecule has 2 heteroatoms. The molecule has 2 aliphatic rings. The third-order valence-electron chi connectivity index (χ3n) is 8.51. The molecule has 0 atom stereocenters. The van der Waals surface area contributed by atoms with Gasteiger partial charge in [-0.15, -0.1) is 6.58 Å². The Labute approximate surface area is 199 Å². The summed E-state index contributed by atoms with van der Waals surface area (Å²) in [5.74, 6) is 1.80. The van der Waals surface area contributed by atoms with Crippen LogP contribution in [0.15, 0.2) is 49.1 Å². The van der Waals surface area contributed by atoms with Gasteiger partial charge < -0.3 is 0 Å². The first-order valence-electron chi connectivity index (χ1n) is 13.2. The van der Waals surface area contributed by atoms with Gasteiger partial charge in [0.1, 0.15) is 0 Å². The SMILES string of the molecule is C=CCCC1CCC(C2CCC(c3ccc4cc(CC/C=C/C)c(F)c(F)c4c3)CC2)CC1. The monoisotopic (exact) mass is 450 g/mol. The molecule has 178 valence electrons. The Kier molecular flexibility index (Phi) is 8.39. The molecule has 2 aromatic rings. The molecule has 4 rings (SSSR count). The molecule has 0 saturated heterocycles. The van der Waals surface area contributed by atoms with Crippen LogP contribution in [0.4, 0.5) is 8.78 Å². The standard InChI is InChI=1S/C31H40F2/c1-3-5-7-9-28-20-27-19-18-26(21-29(27)31(33)30(28)32)25-16-14-24(15-17-25)23-12-10-22(11-13-23)8-6-4-2/h3-5,18-25H,2,6-17H2,1H3/b5-3+. The minimum Gasteiger partial charge on any atom is -0.203 e. The van der Waals surface area contributed by atoms with E-state index in [0.717, 1.165) is 36.0 Å². The van der Waals surface area contributed by atoms with Crippen molar-refractivity contribution < 1.29 is 8.78 Å². The predicted octanol–water partition coefficient (Wildman–Crippen LogP) is 9.67. The predicted molar refractivity (Wildman–Crippen MR) is 137 cm³/mol. The molecule has 2 aliphatic carbocycles. The zero-order valence-corrected chi connectivity index (χ0v) is 20.3. The van der Waals surface area contributed by atoms with Gasteiger partial charge >= 0.3 is 0 Å². The summed E-state index contributed by atoms with van der Waals surface area (Å²) in [6, 6.07) is 7.93. The molecular formula is C31H40F2. The Morgan fingerprint density at radius 2 is 1.58 bits per heavy atom. The summed E-state index contributed by atoms with van der Waals surface area (Å²) in [6.45, 7) is 5.81. The van der Waals surface area contributed by atoms with Crippen LogP contribution >= 0.6 is 0 Å². The summed E-state index contributed by atoms with van der Waals surface area (Å²) in [7, 11) is 0. The van der Waals surface area contributed by atoms with Gasteiger partial charge in [0.05, 0.1) is 0 Å². The maximum absolute atomic E-state index is 14.9. The van der Waals surface area contributed by atoms with Crippen molar-refractivity contribution in [1.29, 1.82) is 0 Å². The number of fused-ring (bicyclic) bond motifs is 1. The Balaban J connectivity index is 1.38. The lowest BCUT2D eigenvalue weighted by atomic mass is 9.68. The molecule has 0 amide bonds. The molecule has 0 heterocycles. The number of allylic oxidation sites excluding steroid dienone is 3. The molecule has 0 unspecified atom stereocenters. The van der Waals surface area contributed by atoms with E-state index in [9.17, 15) is 8.78 Å². The van der Waals surface area contributed by atoms with Crippen molar-refractivity contribution in [3.8, 4) is 0 Å². The van der Waals surface area contributed by atoms with Crippen LogP contribution in [0.2, 0.25) is 0 Å². The number of halogens is 2. The molecule has 33 heavy (non-hydrogen) atoms. The second kappa shape index (κ2) is 11.4. The van der Waals surface area contributed by atoms with Crippen molar-refractivity contribution >= 4 is 10.8 Å². The van der Waals surface area contributed by atoms with Crippen molar-refractivity contribution in [2.24, 2.45) is 17.8 Å². The van der Waals surface area contributed by atoms with Crippen LogP contribution in [-0.4, -0.2) is 0 Å². The van der Waals surface area contributed by atoms with Crippen LogP contribution in [0.1, 0.15) is 94.6 Å². The number of rotatable bonds is 8. The van der Waals surface area contributed by atoms with Gasteiger partial charge in [0.15, 0.2) is 11.6 Å². The minimum atomic E-state index is -0.674. The highest BCUT2D eigenvalue weighted by Gasteiger charge is 2.31. The zero-order valence-electron chi connectivity index (χ0n) is 20.3. The third kappa shape index (κ3) is 5.76. The molecule has 0 radical (unpaired) electrons. The third-order valence-corrected chi connectivity index (χ3v) is 8.51. The van der Waals surface area contributed by atoms with Gasteiger partial charge in [0.25, 0.3) is 0 Å². The number of benzene rings is 2. The van der Waals surface area contributed by atoms with Crippen molar-refractivity contribution in [3.05, 3.63) is 71.8 Å². The summed E-state index contributed by atoms with van der Waals surface area (Å²) in [5.41, 5.74) is 1.67. The quantitative estimate of drug-likeness (QED) is 0.351. The Morgan fingerprint density at radius 1 is 0.879 bits per heavy atom. The van der Waals surface area contributed by atoms with Crippen molar-refractivity contribution in [2.45, 2.75) is 89.9 Å². The van der Waals surface area contributed by atoms with E-state index in [4.69, 9.17) is 0 Å². The Bertz CT molecular complexity index is 957. The van der Waals surface area contributed by atoms with Crippen molar-refractivity contribution in [1.82, 2.24) is 0 Å². The molecule has 0 aromatic heterocycles. The zero-order chi connectivity index (χ0) is 23.2. The number of hydrogen-bond donors (Lipinski definition) is 0. The smallest absolute Gasteiger partial charge is 0.166 e. The number of hydrogen-bond acceptors (Lipinski definition) is 0. The molecule has 2 saturated carbocycles. The van der Waals surface area contributed by atoms with Gasteiger partial charge in [-0.3, -0.25) is 0 Å². The molecule has 0 spiro atoms. The van der Waals surface area contributed by atoms with Gasteiger partial charge in [0, 0.05) is 5.39 Å². The Hall–Kier alpha value is -1.96. The van der Waals surface area contributed by atoms with E-state index in [1.54, 1.807) is 0 Å². The van der Waals surface area contributed by atoms with Crippen LogP contribution < -0.4 is 0 Å². The normalized spacial score (nSPS) is 26.2. The van der Waals surface area contributed by atoms with Gasteiger partial charge in [-0.2, -0.15) is 0 Å². The maximum Gasteiger partial charge on any atom is 0.166 e. The first kappa shape index (κ1) is 24.2. The fourth-order valence-corrected chi connectivity index (χ4v) is 6.47. The lowest BCUT2D eigenvalue weighted by molar-refractivity contribution is 0.157. The van der Waals surface area contributed by atoms with Crippen molar-refractivity contribution in [2.75, 3.05) is 0 Å². The van der Waals surface area contributed by atoms with Crippen LogP contribution in [0.3, 0.4) is 0 Å². The molecule has 2 aromatic carbocycles. The minimum absolute atomic E-state index is 0.444. The molecule has 0 bridgehead atoms. The first-order valence-corrected chi connectivity index (χ1v) is 13.2. The molecule has 2 fully saturated rings. The lowest BCUT2D eigenvalue weighted by Crippen LogP contribution is -2.25. The summed E-state index contributed by atoms with van der Waals surface area (Å²) in [4.78, 5) is 0.